The molecule has 28 heavy (non-hydrogen) atoms. The van der Waals surface area contributed by atoms with Crippen molar-refractivity contribution in [1.29, 1.82) is 0 Å². The summed E-state index contributed by atoms with van der Waals surface area (Å²) in [5, 5.41) is 0.317. The summed E-state index contributed by atoms with van der Waals surface area (Å²) in [4.78, 5) is 28.7. The first-order valence-electron chi connectivity index (χ1n) is 7.95. The lowest BCUT2D eigenvalue weighted by Crippen LogP contribution is -2.56. The Labute approximate surface area is 163 Å². The summed E-state index contributed by atoms with van der Waals surface area (Å²) >= 11 is 5.82. The molecule has 0 saturated heterocycles. The van der Waals surface area contributed by atoms with Gasteiger partial charge in [-0.2, -0.15) is 13.2 Å². The maximum atomic E-state index is 13.8. The van der Waals surface area contributed by atoms with Gasteiger partial charge in [0, 0.05) is 6.20 Å². The molecule has 10 heteroatoms. The first kappa shape index (κ1) is 21.6. The molecule has 0 radical (unpaired) electrons. The summed E-state index contributed by atoms with van der Waals surface area (Å²) < 4.78 is 52.7. The minimum absolute atomic E-state index is 0.335. The van der Waals surface area contributed by atoms with Crippen LogP contribution < -0.4 is 5.43 Å². The van der Waals surface area contributed by atoms with Gasteiger partial charge in [0.05, 0.1) is 22.2 Å². The number of aromatic nitrogens is 1. The number of hydrazine groups is 1. The van der Waals surface area contributed by atoms with E-state index in [4.69, 9.17) is 11.6 Å². The highest BCUT2D eigenvalue weighted by atomic mass is 35.5. The summed E-state index contributed by atoms with van der Waals surface area (Å²) in [6.07, 6.45) is -4.24. The van der Waals surface area contributed by atoms with E-state index in [2.05, 4.69) is 10.4 Å². The minimum Gasteiger partial charge on any atom is -0.267 e. The number of nitrogens with zero attached hydrogens (tertiary/aromatic N) is 2. The molecule has 1 aromatic heterocycles. The molecule has 0 bridgehead atoms. The Morgan fingerprint density at radius 3 is 2.25 bits per heavy atom. The average Bonchev–Trinajstić information content (AvgIpc) is 2.57. The van der Waals surface area contributed by atoms with Gasteiger partial charge in [0.25, 0.3) is 11.8 Å². The van der Waals surface area contributed by atoms with Crippen LogP contribution >= 0.6 is 11.6 Å². The molecule has 0 atom stereocenters. The molecule has 0 aliphatic rings. The third-order valence-electron chi connectivity index (χ3n) is 3.60. The van der Waals surface area contributed by atoms with Crippen molar-refractivity contribution >= 4 is 23.4 Å². The SMILES string of the molecule is CC(C)(C)N(NC(=O)c1ccccc1F)C(=O)c1cc(C(F)(F)F)cnc1Cl. The van der Waals surface area contributed by atoms with Gasteiger partial charge in [0.15, 0.2) is 0 Å². The minimum atomic E-state index is -4.74. The lowest BCUT2D eigenvalue weighted by Gasteiger charge is -2.35. The molecule has 0 spiro atoms. The Kier molecular flexibility index (Phi) is 5.98. The van der Waals surface area contributed by atoms with Gasteiger partial charge in [0.1, 0.15) is 11.0 Å². The zero-order chi connectivity index (χ0) is 21.3. The van der Waals surface area contributed by atoms with E-state index in [9.17, 15) is 27.2 Å². The largest absolute Gasteiger partial charge is 0.417 e. The Hall–Kier alpha value is -2.68. The molecular weight excluding hydrogens is 402 g/mol. The standard InChI is InChI=1S/C18H16ClF4N3O2/c1-17(2,3)26(25-15(27)11-6-4-5-7-13(11)20)16(28)12-8-10(18(21,22)23)9-24-14(12)19/h4-9H,1-3H3,(H,25,27). The number of hydrogen-bond donors (Lipinski definition) is 1. The third kappa shape index (κ3) is 4.78. The van der Waals surface area contributed by atoms with Gasteiger partial charge >= 0.3 is 6.18 Å². The lowest BCUT2D eigenvalue weighted by atomic mass is 10.1. The molecule has 150 valence electrons. The van der Waals surface area contributed by atoms with E-state index in [0.29, 0.717) is 12.3 Å². The number of hydrogen-bond acceptors (Lipinski definition) is 3. The van der Waals surface area contributed by atoms with E-state index in [1.807, 2.05) is 0 Å². The molecule has 1 N–H and O–H groups in total. The first-order chi connectivity index (χ1) is 12.8. The molecule has 0 aliphatic heterocycles. The van der Waals surface area contributed by atoms with E-state index >= 15 is 0 Å². The predicted octanol–water partition coefficient (Wildman–Crippen LogP) is 4.48. The van der Waals surface area contributed by atoms with Crippen molar-refractivity contribution in [2.45, 2.75) is 32.5 Å². The Balaban J connectivity index is 2.43. The third-order valence-corrected chi connectivity index (χ3v) is 3.90. The Morgan fingerprint density at radius 2 is 1.71 bits per heavy atom. The monoisotopic (exact) mass is 417 g/mol. The summed E-state index contributed by atoms with van der Waals surface area (Å²) in [6.45, 7) is 4.59. The second kappa shape index (κ2) is 7.75. The number of alkyl halides is 3. The van der Waals surface area contributed by atoms with Crippen molar-refractivity contribution in [3.8, 4) is 0 Å². The molecule has 2 amide bonds. The Morgan fingerprint density at radius 1 is 1.11 bits per heavy atom. The molecule has 1 heterocycles. The Bertz CT molecular complexity index is 910. The van der Waals surface area contributed by atoms with Crippen LogP contribution in [0.15, 0.2) is 36.5 Å². The number of carbonyl (C=O) groups excluding carboxylic acids is 2. The van der Waals surface area contributed by atoms with Crippen molar-refractivity contribution in [3.63, 3.8) is 0 Å². The number of carbonyl (C=O) groups is 2. The highest BCUT2D eigenvalue weighted by Crippen LogP contribution is 2.31. The van der Waals surface area contributed by atoms with E-state index in [1.54, 1.807) is 0 Å². The van der Waals surface area contributed by atoms with Crippen molar-refractivity contribution in [2.24, 2.45) is 0 Å². The van der Waals surface area contributed by atoms with Gasteiger partial charge in [-0.25, -0.2) is 14.4 Å². The average molecular weight is 418 g/mol. The predicted molar refractivity (Wildman–Crippen MR) is 94.0 cm³/mol. The zero-order valence-corrected chi connectivity index (χ0v) is 15.8. The zero-order valence-electron chi connectivity index (χ0n) is 15.1. The van der Waals surface area contributed by atoms with Crippen LogP contribution in [0.4, 0.5) is 17.6 Å². The van der Waals surface area contributed by atoms with Crippen LogP contribution in [0.5, 0.6) is 0 Å². The fraction of sp³-hybridized carbons (Fsp3) is 0.278. The second-order valence-corrected chi connectivity index (χ2v) is 7.15. The smallest absolute Gasteiger partial charge is 0.267 e. The summed E-state index contributed by atoms with van der Waals surface area (Å²) in [7, 11) is 0. The maximum Gasteiger partial charge on any atom is 0.417 e. The van der Waals surface area contributed by atoms with Crippen molar-refractivity contribution in [1.82, 2.24) is 15.4 Å². The van der Waals surface area contributed by atoms with Crippen molar-refractivity contribution < 1.29 is 27.2 Å². The molecule has 2 aromatic rings. The van der Waals surface area contributed by atoms with Gasteiger partial charge in [-0.05, 0) is 39.0 Å². The molecule has 5 nitrogen and oxygen atoms in total. The number of benzene rings is 1. The summed E-state index contributed by atoms with van der Waals surface area (Å²) in [5.41, 5.74) is -0.901. The molecule has 0 aliphatic carbocycles. The molecular formula is C18H16ClF4N3O2. The van der Waals surface area contributed by atoms with Crippen LogP contribution in [0.3, 0.4) is 0 Å². The topological polar surface area (TPSA) is 62.3 Å². The van der Waals surface area contributed by atoms with Gasteiger partial charge in [-0.15, -0.1) is 0 Å². The number of nitrogens with one attached hydrogen (secondary N) is 1. The van der Waals surface area contributed by atoms with Crippen LogP contribution in [0, 0.1) is 5.82 Å². The number of rotatable bonds is 2. The highest BCUT2D eigenvalue weighted by molar-refractivity contribution is 6.32. The van der Waals surface area contributed by atoms with Crippen molar-refractivity contribution in [2.75, 3.05) is 0 Å². The van der Waals surface area contributed by atoms with Gasteiger partial charge in [-0.3, -0.25) is 15.0 Å². The molecule has 1 aromatic carbocycles. The second-order valence-electron chi connectivity index (χ2n) is 6.79. The van der Waals surface area contributed by atoms with Gasteiger partial charge in [0.2, 0.25) is 0 Å². The lowest BCUT2D eigenvalue weighted by molar-refractivity contribution is -0.137. The van der Waals surface area contributed by atoms with E-state index in [1.165, 1.54) is 39.0 Å². The van der Waals surface area contributed by atoms with Crippen LogP contribution in [0.2, 0.25) is 5.15 Å². The fourth-order valence-electron chi connectivity index (χ4n) is 2.20. The summed E-state index contributed by atoms with van der Waals surface area (Å²) in [5.74, 6) is -2.79. The summed E-state index contributed by atoms with van der Waals surface area (Å²) in [6, 6.07) is 5.62. The molecule has 0 fully saturated rings. The van der Waals surface area contributed by atoms with Crippen LogP contribution in [0.25, 0.3) is 0 Å². The van der Waals surface area contributed by atoms with E-state index in [0.717, 1.165) is 11.1 Å². The molecule has 0 unspecified atom stereocenters. The van der Waals surface area contributed by atoms with Crippen LogP contribution in [0.1, 0.15) is 47.1 Å². The molecule has 2 rings (SSSR count). The fourth-order valence-corrected chi connectivity index (χ4v) is 2.39. The first-order valence-corrected chi connectivity index (χ1v) is 8.33. The number of halogens is 5. The van der Waals surface area contributed by atoms with Crippen LogP contribution in [-0.4, -0.2) is 27.3 Å². The highest BCUT2D eigenvalue weighted by Gasteiger charge is 2.35. The quantitative estimate of drug-likeness (QED) is 0.445. The maximum absolute atomic E-state index is 13.8. The van der Waals surface area contributed by atoms with E-state index in [-0.39, 0.29) is 5.56 Å². The van der Waals surface area contributed by atoms with Gasteiger partial charge < -0.3 is 0 Å². The van der Waals surface area contributed by atoms with Gasteiger partial charge in [-0.1, -0.05) is 23.7 Å². The normalized spacial score (nSPS) is 11.9. The number of pyridine rings is 1. The van der Waals surface area contributed by atoms with E-state index < -0.39 is 45.6 Å². The van der Waals surface area contributed by atoms with Crippen molar-refractivity contribution in [3.05, 3.63) is 64.2 Å². The number of amides is 2. The van der Waals surface area contributed by atoms with Crippen LogP contribution in [-0.2, 0) is 6.18 Å². The molecule has 0 saturated carbocycles.